The van der Waals surface area contributed by atoms with E-state index >= 15 is 0 Å². The zero-order valence-electron chi connectivity index (χ0n) is 19.3. The summed E-state index contributed by atoms with van der Waals surface area (Å²) in [6.07, 6.45) is 0. The zero-order chi connectivity index (χ0) is 23.1. The van der Waals surface area contributed by atoms with Gasteiger partial charge in [-0.25, -0.2) is 0 Å². The molecule has 2 nitrogen and oxygen atoms in total. The smallest absolute Gasteiger partial charge is 0.135 e. The Morgan fingerprint density at radius 1 is 0.559 bits per heavy atom. The highest BCUT2D eigenvalue weighted by Gasteiger charge is 2.11. The molecule has 1 aromatic heterocycles. The van der Waals surface area contributed by atoms with E-state index in [0.717, 1.165) is 27.9 Å². The first-order valence-electron chi connectivity index (χ1n) is 11.6. The van der Waals surface area contributed by atoms with Crippen LogP contribution in [0.2, 0.25) is 0 Å². The molecular weight excluding hydrogens is 414 g/mol. The van der Waals surface area contributed by atoms with E-state index in [2.05, 4.69) is 116 Å². The van der Waals surface area contributed by atoms with Crippen molar-refractivity contribution in [2.45, 2.75) is 13.8 Å². The van der Waals surface area contributed by atoms with Crippen LogP contribution < -0.4 is 5.32 Å². The van der Waals surface area contributed by atoms with Crippen LogP contribution in [0, 0.1) is 13.8 Å². The quantitative estimate of drug-likeness (QED) is 0.296. The van der Waals surface area contributed by atoms with E-state index in [1.54, 1.807) is 0 Å². The largest absolute Gasteiger partial charge is 0.456 e. The Bertz CT molecular complexity index is 1660. The number of fused-ring (bicyclic) bond motifs is 3. The molecule has 0 aliphatic heterocycles. The van der Waals surface area contributed by atoms with E-state index in [1.807, 2.05) is 12.1 Å². The molecule has 1 heterocycles. The van der Waals surface area contributed by atoms with Gasteiger partial charge in [0.1, 0.15) is 11.2 Å². The fourth-order valence-electron chi connectivity index (χ4n) is 4.82. The van der Waals surface area contributed by atoms with E-state index in [9.17, 15) is 0 Å². The number of rotatable bonds is 4. The van der Waals surface area contributed by atoms with E-state index in [1.165, 1.54) is 38.8 Å². The first-order chi connectivity index (χ1) is 16.7. The normalized spacial score (nSPS) is 11.2. The number of aryl methyl sites for hydroxylation is 2. The Balaban J connectivity index is 1.39. The van der Waals surface area contributed by atoms with Crippen molar-refractivity contribution < 1.29 is 4.42 Å². The lowest BCUT2D eigenvalue weighted by atomic mass is 9.98. The van der Waals surface area contributed by atoms with Crippen LogP contribution in [-0.2, 0) is 0 Å². The zero-order valence-corrected chi connectivity index (χ0v) is 19.3. The van der Waals surface area contributed by atoms with Crippen LogP contribution in [0.1, 0.15) is 11.1 Å². The second kappa shape index (κ2) is 8.24. The maximum absolute atomic E-state index is 6.08. The van der Waals surface area contributed by atoms with Gasteiger partial charge < -0.3 is 9.73 Å². The van der Waals surface area contributed by atoms with Crippen molar-refractivity contribution in [2.75, 3.05) is 5.32 Å². The molecular formula is C32H25NO. The van der Waals surface area contributed by atoms with Gasteiger partial charge in [0.15, 0.2) is 0 Å². The molecule has 5 aromatic carbocycles. The number of para-hydroxylation sites is 1. The summed E-state index contributed by atoms with van der Waals surface area (Å²) in [4.78, 5) is 0. The molecule has 0 aliphatic carbocycles. The highest BCUT2D eigenvalue weighted by atomic mass is 16.3. The van der Waals surface area contributed by atoms with Crippen molar-refractivity contribution >= 4 is 33.3 Å². The van der Waals surface area contributed by atoms with Gasteiger partial charge in [-0.3, -0.25) is 0 Å². The van der Waals surface area contributed by atoms with Gasteiger partial charge in [0.05, 0.1) is 0 Å². The molecule has 164 valence electrons. The minimum atomic E-state index is 0.925. The van der Waals surface area contributed by atoms with Crippen molar-refractivity contribution in [1.82, 2.24) is 0 Å². The van der Waals surface area contributed by atoms with Crippen LogP contribution >= 0.6 is 0 Å². The van der Waals surface area contributed by atoms with Crippen LogP contribution in [-0.4, -0.2) is 0 Å². The third-order valence-electron chi connectivity index (χ3n) is 6.54. The van der Waals surface area contributed by atoms with E-state index in [4.69, 9.17) is 4.42 Å². The molecule has 6 rings (SSSR count). The van der Waals surface area contributed by atoms with Crippen molar-refractivity contribution in [2.24, 2.45) is 0 Å². The lowest BCUT2D eigenvalue weighted by Gasteiger charge is -2.15. The predicted octanol–water partition coefficient (Wildman–Crippen LogP) is 9.28. The van der Waals surface area contributed by atoms with Crippen molar-refractivity contribution in [3.8, 4) is 22.3 Å². The van der Waals surface area contributed by atoms with Crippen LogP contribution in [0.4, 0.5) is 11.4 Å². The summed E-state index contributed by atoms with van der Waals surface area (Å²) in [5.74, 6) is 0. The molecule has 1 N–H and O–H groups in total. The molecule has 0 aliphatic rings. The average molecular weight is 440 g/mol. The number of anilines is 2. The Hall–Kier alpha value is -4.30. The first-order valence-corrected chi connectivity index (χ1v) is 11.6. The Labute approximate surface area is 199 Å². The van der Waals surface area contributed by atoms with Crippen LogP contribution in [0.25, 0.3) is 44.2 Å². The summed E-state index contributed by atoms with van der Waals surface area (Å²) in [7, 11) is 0. The maximum atomic E-state index is 6.08. The van der Waals surface area contributed by atoms with Gasteiger partial charge in [0, 0.05) is 27.7 Å². The van der Waals surface area contributed by atoms with Crippen molar-refractivity contribution in [3.05, 3.63) is 120 Å². The molecule has 0 unspecified atom stereocenters. The van der Waals surface area contributed by atoms with Gasteiger partial charge in [-0.05, 0) is 78.1 Å². The second-order valence-corrected chi connectivity index (χ2v) is 8.83. The summed E-state index contributed by atoms with van der Waals surface area (Å²) in [5, 5.41) is 6.02. The van der Waals surface area contributed by atoms with Gasteiger partial charge in [0.2, 0.25) is 0 Å². The molecule has 0 atom stereocenters. The molecule has 0 saturated carbocycles. The van der Waals surface area contributed by atoms with E-state index < -0.39 is 0 Å². The van der Waals surface area contributed by atoms with Gasteiger partial charge in [-0.2, -0.15) is 0 Å². The maximum Gasteiger partial charge on any atom is 0.135 e. The average Bonchev–Trinajstić information content (AvgIpc) is 3.24. The Kier molecular flexibility index (Phi) is 4.92. The van der Waals surface area contributed by atoms with Gasteiger partial charge in [-0.1, -0.05) is 72.8 Å². The topological polar surface area (TPSA) is 25.2 Å². The minimum Gasteiger partial charge on any atom is -0.456 e. The van der Waals surface area contributed by atoms with Crippen molar-refractivity contribution in [3.63, 3.8) is 0 Å². The highest BCUT2D eigenvalue weighted by Crippen LogP contribution is 2.36. The second-order valence-electron chi connectivity index (χ2n) is 8.83. The Morgan fingerprint density at radius 3 is 2.18 bits per heavy atom. The van der Waals surface area contributed by atoms with E-state index in [-0.39, 0.29) is 0 Å². The minimum absolute atomic E-state index is 0.925. The Morgan fingerprint density at radius 2 is 1.29 bits per heavy atom. The fourth-order valence-corrected chi connectivity index (χ4v) is 4.82. The van der Waals surface area contributed by atoms with E-state index in [0.29, 0.717) is 0 Å². The van der Waals surface area contributed by atoms with Crippen LogP contribution in [0.3, 0.4) is 0 Å². The molecule has 6 aromatic rings. The number of hydrogen-bond donors (Lipinski definition) is 1. The third-order valence-corrected chi connectivity index (χ3v) is 6.54. The molecule has 0 radical (unpaired) electrons. The summed E-state index contributed by atoms with van der Waals surface area (Å²) in [6, 6.07) is 38.3. The molecule has 0 fully saturated rings. The summed E-state index contributed by atoms with van der Waals surface area (Å²) in [5.41, 5.74) is 11.3. The van der Waals surface area contributed by atoms with Gasteiger partial charge in [0.25, 0.3) is 0 Å². The summed E-state index contributed by atoms with van der Waals surface area (Å²) < 4.78 is 6.08. The highest BCUT2D eigenvalue weighted by molar-refractivity contribution is 6.08. The predicted molar refractivity (Wildman–Crippen MR) is 144 cm³/mol. The SMILES string of the molecule is Cc1ccccc1-c1ccccc1Nc1cccc(-c2ccc3oc4cccc(C)c4c3c2)c1. The lowest BCUT2D eigenvalue weighted by Crippen LogP contribution is -1.94. The molecule has 0 spiro atoms. The van der Waals surface area contributed by atoms with Gasteiger partial charge in [-0.15, -0.1) is 0 Å². The molecule has 0 bridgehead atoms. The molecule has 2 heteroatoms. The standard InChI is InChI=1S/C32H25NO/c1-21-9-3-4-13-26(21)27-14-5-6-15-29(27)33-25-12-8-11-23(19-25)24-17-18-30-28(20-24)32-22(2)10-7-16-31(32)34-30/h3-20,33H,1-2H3. The molecule has 0 amide bonds. The first kappa shape index (κ1) is 20.3. The summed E-state index contributed by atoms with van der Waals surface area (Å²) >= 11 is 0. The molecule has 34 heavy (non-hydrogen) atoms. The fraction of sp³-hybridized carbons (Fsp3) is 0.0625. The number of hydrogen-bond acceptors (Lipinski definition) is 2. The third kappa shape index (κ3) is 3.54. The van der Waals surface area contributed by atoms with Gasteiger partial charge >= 0.3 is 0 Å². The number of nitrogens with one attached hydrogen (secondary N) is 1. The monoisotopic (exact) mass is 439 g/mol. The summed E-state index contributed by atoms with van der Waals surface area (Å²) in [6.45, 7) is 4.30. The van der Waals surface area contributed by atoms with Crippen molar-refractivity contribution in [1.29, 1.82) is 0 Å². The van der Waals surface area contributed by atoms with Crippen LogP contribution in [0.15, 0.2) is 114 Å². The number of furan rings is 1. The lowest BCUT2D eigenvalue weighted by molar-refractivity contribution is 0.669. The number of benzene rings is 5. The molecule has 0 saturated heterocycles. The van der Waals surface area contributed by atoms with Crippen LogP contribution in [0.5, 0.6) is 0 Å².